The molecule has 9 nitrogen and oxygen atoms in total. The first kappa shape index (κ1) is 51.7. The molecule has 54 heavy (non-hydrogen) atoms. The minimum Gasteiger partial charge on any atom is -0.463 e. The first-order valence-corrected chi connectivity index (χ1v) is 22.8. The Morgan fingerprint density at radius 2 is 1.06 bits per heavy atom. The summed E-state index contributed by atoms with van der Waals surface area (Å²) in [5.41, 5.74) is 0. The minimum atomic E-state index is -4.41. The number of aliphatic hydroxyl groups is 1. The lowest BCUT2D eigenvalue weighted by molar-refractivity contribution is -0.147. The van der Waals surface area contributed by atoms with E-state index in [1.54, 1.807) is 0 Å². The second kappa shape index (κ2) is 40.4. The van der Waals surface area contributed by atoms with Crippen LogP contribution < -0.4 is 5.32 Å². The highest BCUT2D eigenvalue weighted by atomic mass is 31.2. The molecule has 0 saturated heterocycles. The molecule has 0 aliphatic rings. The number of unbranched alkanes of at least 4 members (excludes halogenated alkanes) is 16. The van der Waals surface area contributed by atoms with Gasteiger partial charge in [-0.1, -0.05) is 164 Å². The Morgan fingerprint density at radius 3 is 1.59 bits per heavy atom. The van der Waals surface area contributed by atoms with E-state index < -0.39 is 26.5 Å². The van der Waals surface area contributed by atoms with Crippen LogP contribution in [-0.2, 0) is 27.9 Å². The van der Waals surface area contributed by atoms with Crippen LogP contribution in [0.2, 0.25) is 0 Å². The average Bonchev–Trinajstić information content (AvgIpc) is 3.16. The molecule has 0 radical (unpaired) electrons. The molecule has 0 fully saturated rings. The van der Waals surface area contributed by atoms with Gasteiger partial charge >= 0.3 is 13.8 Å². The quantitative estimate of drug-likeness (QED) is 0.0243. The van der Waals surface area contributed by atoms with E-state index in [0.29, 0.717) is 6.42 Å². The molecule has 2 unspecified atom stereocenters. The van der Waals surface area contributed by atoms with Crippen LogP contribution in [0.15, 0.2) is 60.8 Å². The number of phosphoric acid groups is 1. The Balaban J connectivity index is 3.63. The van der Waals surface area contributed by atoms with Crippen LogP contribution >= 0.6 is 7.82 Å². The van der Waals surface area contributed by atoms with E-state index in [4.69, 9.17) is 13.8 Å². The van der Waals surface area contributed by atoms with E-state index in [-0.39, 0.29) is 32.1 Å². The van der Waals surface area contributed by atoms with Crippen molar-refractivity contribution >= 4 is 19.7 Å². The number of hydrogen-bond donors (Lipinski definition) is 3. The molecule has 0 aliphatic carbocycles. The van der Waals surface area contributed by atoms with Gasteiger partial charge in [-0.2, -0.15) is 0 Å². The number of carbonyl (C=O) groups excluding carboxylic acids is 2. The van der Waals surface area contributed by atoms with Gasteiger partial charge in [0.2, 0.25) is 5.91 Å². The molecule has 0 aromatic heterocycles. The summed E-state index contributed by atoms with van der Waals surface area (Å²) < 4.78 is 26.8. The highest BCUT2D eigenvalue weighted by molar-refractivity contribution is 7.47. The number of nitrogens with one attached hydrogen (secondary N) is 1. The number of aliphatic hydroxyl groups excluding tert-OH is 1. The lowest BCUT2D eigenvalue weighted by Crippen LogP contribution is -2.27. The Kier molecular flexibility index (Phi) is 38.7. The van der Waals surface area contributed by atoms with E-state index in [2.05, 4.69) is 79.9 Å². The van der Waals surface area contributed by atoms with Crippen molar-refractivity contribution in [1.29, 1.82) is 0 Å². The van der Waals surface area contributed by atoms with Gasteiger partial charge in [-0.25, -0.2) is 4.57 Å². The SMILES string of the molecule is CC/C=C\C/C=C\C/C=C\C/C=C\C/C=C\CCCCCCCCCC(=O)OCC(O)COP(=O)(O)OCCNC(=O)CCCCCCCCCCCC. The number of amides is 1. The van der Waals surface area contributed by atoms with Gasteiger partial charge in [0.05, 0.1) is 13.2 Å². The summed E-state index contributed by atoms with van der Waals surface area (Å²) in [6.45, 7) is 3.40. The number of esters is 1. The molecule has 0 aromatic rings. The monoisotopic (exact) mass is 780 g/mol. The number of carbonyl (C=O) groups is 2. The molecular weight excluding hydrogens is 701 g/mol. The van der Waals surface area contributed by atoms with Crippen LogP contribution in [0.1, 0.15) is 174 Å². The highest BCUT2D eigenvalue weighted by Gasteiger charge is 2.23. The average molecular weight is 780 g/mol. The van der Waals surface area contributed by atoms with Crippen molar-refractivity contribution in [2.45, 2.75) is 180 Å². The van der Waals surface area contributed by atoms with Gasteiger partial charge in [0.25, 0.3) is 0 Å². The van der Waals surface area contributed by atoms with Crippen LogP contribution in [0.3, 0.4) is 0 Å². The van der Waals surface area contributed by atoms with E-state index >= 15 is 0 Å². The van der Waals surface area contributed by atoms with Gasteiger partial charge in [0, 0.05) is 19.4 Å². The van der Waals surface area contributed by atoms with Crippen molar-refractivity contribution in [3.8, 4) is 0 Å². The molecule has 1 amide bonds. The molecule has 0 saturated carbocycles. The molecule has 0 heterocycles. The standard InChI is InChI=1S/C44H78NO8P/c1-3-5-7-9-11-13-15-16-17-18-19-20-21-22-23-24-25-26-27-29-31-33-35-37-44(48)51-40-42(46)41-53-54(49,50)52-39-38-45-43(47)36-34-32-30-28-14-12-10-8-6-4-2/h5,7,11,13,16-17,19-20,22-23,42,46H,3-4,6,8-10,12,14-15,18,21,24-41H2,1-2H3,(H,45,47)(H,49,50)/b7-5-,13-11-,17-16-,20-19-,23-22-. The Labute approximate surface area is 329 Å². The van der Waals surface area contributed by atoms with Gasteiger partial charge in [0.15, 0.2) is 0 Å². The van der Waals surface area contributed by atoms with Crippen molar-refractivity contribution in [2.24, 2.45) is 0 Å². The van der Waals surface area contributed by atoms with Crippen LogP contribution in [0.5, 0.6) is 0 Å². The maximum absolute atomic E-state index is 12.1. The molecule has 2 atom stereocenters. The van der Waals surface area contributed by atoms with E-state index in [1.807, 2.05) is 0 Å². The molecule has 0 aromatic carbocycles. The zero-order valence-electron chi connectivity index (χ0n) is 34.1. The number of rotatable bonds is 39. The second-order valence-corrected chi connectivity index (χ2v) is 15.4. The molecule has 10 heteroatoms. The van der Waals surface area contributed by atoms with Gasteiger partial charge in [0.1, 0.15) is 12.7 Å². The van der Waals surface area contributed by atoms with Gasteiger partial charge < -0.3 is 20.1 Å². The maximum atomic E-state index is 12.1. The lowest BCUT2D eigenvalue weighted by atomic mass is 10.1. The van der Waals surface area contributed by atoms with Crippen molar-refractivity contribution in [2.75, 3.05) is 26.4 Å². The van der Waals surface area contributed by atoms with E-state index in [1.165, 1.54) is 64.2 Å². The molecule has 0 rings (SSSR count). The number of ether oxygens (including phenoxy) is 1. The fraction of sp³-hybridized carbons (Fsp3) is 0.727. The summed E-state index contributed by atoms with van der Waals surface area (Å²) in [6.07, 6.45) is 47.2. The predicted molar refractivity (Wildman–Crippen MR) is 224 cm³/mol. The molecule has 0 bridgehead atoms. The topological polar surface area (TPSA) is 131 Å². The summed E-state index contributed by atoms with van der Waals surface area (Å²) in [6, 6.07) is 0. The summed E-state index contributed by atoms with van der Waals surface area (Å²) in [7, 11) is -4.41. The van der Waals surface area contributed by atoms with Gasteiger partial charge in [-0.15, -0.1) is 0 Å². The highest BCUT2D eigenvalue weighted by Crippen LogP contribution is 2.42. The van der Waals surface area contributed by atoms with Gasteiger partial charge in [-0.3, -0.25) is 18.6 Å². The summed E-state index contributed by atoms with van der Waals surface area (Å²) >= 11 is 0. The Morgan fingerprint density at radius 1 is 0.593 bits per heavy atom. The number of hydrogen-bond acceptors (Lipinski definition) is 7. The first-order chi connectivity index (χ1) is 26.3. The molecule has 0 spiro atoms. The summed E-state index contributed by atoms with van der Waals surface area (Å²) in [5.74, 6) is -0.532. The second-order valence-electron chi connectivity index (χ2n) is 13.9. The third-order valence-corrected chi connectivity index (χ3v) is 9.70. The van der Waals surface area contributed by atoms with Crippen molar-refractivity contribution < 1.29 is 37.9 Å². The van der Waals surface area contributed by atoms with E-state index in [0.717, 1.165) is 83.5 Å². The predicted octanol–water partition coefficient (Wildman–Crippen LogP) is 11.7. The number of allylic oxidation sites excluding steroid dienone is 10. The van der Waals surface area contributed by atoms with Gasteiger partial charge in [-0.05, 0) is 57.8 Å². The fourth-order valence-corrected chi connectivity index (χ4v) is 6.28. The van der Waals surface area contributed by atoms with Crippen molar-refractivity contribution in [3.05, 3.63) is 60.8 Å². The van der Waals surface area contributed by atoms with Crippen LogP contribution in [0.25, 0.3) is 0 Å². The van der Waals surface area contributed by atoms with Crippen molar-refractivity contribution in [1.82, 2.24) is 5.32 Å². The summed E-state index contributed by atoms with van der Waals surface area (Å²) in [4.78, 5) is 33.8. The lowest BCUT2D eigenvalue weighted by Gasteiger charge is -2.15. The molecular formula is C44H78NO8P. The van der Waals surface area contributed by atoms with E-state index in [9.17, 15) is 24.2 Å². The fourth-order valence-electron chi connectivity index (χ4n) is 5.52. The van der Waals surface area contributed by atoms with Crippen LogP contribution in [-0.4, -0.2) is 54.3 Å². The van der Waals surface area contributed by atoms with Crippen LogP contribution in [0, 0.1) is 0 Å². The third-order valence-electron chi connectivity index (χ3n) is 8.71. The molecule has 312 valence electrons. The summed E-state index contributed by atoms with van der Waals surface area (Å²) in [5, 5.41) is 12.7. The smallest absolute Gasteiger partial charge is 0.463 e. The molecule has 3 N–H and O–H groups in total. The third kappa shape index (κ3) is 40.9. The number of phosphoric ester groups is 1. The van der Waals surface area contributed by atoms with Crippen LogP contribution in [0.4, 0.5) is 0 Å². The zero-order valence-corrected chi connectivity index (χ0v) is 35.0. The Bertz CT molecular complexity index is 1070. The van der Waals surface area contributed by atoms with Crippen molar-refractivity contribution in [3.63, 3.8) is 0 Å². The zero-order chi connectivity index (χ0) is 39.6. The first-order valence-electron chi connectivity index (χ1n) is 21.3. The normalized spacial score (nSPS) is 13.9. The maximum Gasteiger partial charge on any atom is 0.472 e. The minimum absolute atomic E-state index is 0.0798. The largest absolute Gasteiger partial charge is 0.472 e. The molecule has 0 aliphatic heterocycles. The Hall–Kier alpha value is -2.29.